The molecule has 1 N–H and O–H groups in total. The van der Waals surface area contributed by atoms with Crippen molar-refractivity contribution in [2.45, 2.75) is 44.6 Å². The topological polar surface area (TPSA) is 92.8 Å². The molecule has 0 aliphatic carbocycles. The summed E-state index contributed by atoms with van der Waals surface area (Å²) in [5, 5.41) is 3.25. The zero-order chi connectivity index (χ0) is 23.3. The molecule has 2 heterocycles. The van der Waals surface area contributed by atoms with Crippen LogP contribution in [0.1, 0.15) is 47.5 Å². The number of anilines is 1. The van der Waals surface area contributed by atoms with Gasteiger partial charge in [0.25, 0.3) is 0 Å². The number of ether oxygens (including phenoxy) is 1. The first kappa shape index (κ1) is 24.3. The third-order valence-electron chi connectivity index (χ3n) is 5.31. The Kier molecular flexibility index (Phi) is 8.02. The zero-order valence-corrected chi connectivity index (χ0v) is 19.8. The Hall–Kier alpha value is -2.30. The van der Waals surface area contributed by atoms with E-state index in [1.54, 1.807) is 6.92 Å². The number of rotatable bonds is 9. The summed E-state index contributed by atoms with van der Waals surface area (Å²) in [6.07, 6.45) is 0.793. The standard InChI is InChI=1S/C22H27FN2O5S2/c1-3-25-12-11-17-18(14-25)31-21(20(17)22(27)30-4-2)24-19(26)6-5-13-32(28,29)16-9-7-15(23)8-10-16/h7-10H,3-6,11-14H2,1-2H3,(H,24,26). The van der Waals surface area contributed by atoms with Crippen molar-refractivity contribution in [1.29, 1.82) is 0 Å². The molecular formula is C22H27FN2O5S2. The number of hydrogen-bond acceptors (Lipinski definition) is 7. The number of nitrogens with one attached hydrogen (secondary N) is 1. The summed E-state index contributed by atoms with van der Waals surface area (Å²) in [6.45, 7) is 6.49. The van der Waals surface area contributed by atoms with E-state index in [-0.39, 0.29) is 36.0 Å². The van der Waals surface area contributed by atoms with Gasteiger partial charge in [-0.1, -0.05) is 6.92 Å². The SMILES string of the molecule is CCOC(=O)c1c(NC(=O)CCCS(=O)(=O)c2ccc(F)cc2)sc2c1CCN(CC)C2. The van der Waals surface area contributed by atoms with Crippen LogP contribution in [0.2, 0.25) is 0 Å². The third kappa shape index (κ3) is 5.73. The molecule has 0 fully saturated rings. The lowest BCUT2D eigenvalue weighted by atomic mass is 10.0. The van der Waals surface area contributed by atoms with Crippen LogP contribution in [0.4, 0.5) is 9.39 Å². The number of benzene rings is 1. The van der Waals surface area contributed by atoms with E-state index in [0.29, 0.717) is 23.5 Å². The predicted octanol–water partition coefficient (Wildman–Crippen LogP) is 3.63. The highest BCUT2D eigenvalue weighted by molar-refractivity contribution is 7.91. The summed E-state index contributed by atoms with van der Waals surface area (Å²) in [6, 6.07) is 4.61. The number of esters is 1. The van der Waals surface area contributed by atoms with E-state index in [1.165, 1.54) is 23.5 Å². The first-order valence-corrected chi connectivity index (χ1v) is 13.0. The Labute approximate surface area is 191 Å². The molecule has 1 aliphatic heterocycles. The predicted molar refractivity (Wildman–Crippen MR) is 121 cm³/mol. The van der Waals surface area contributed by atoms with Crippen LogP contribution in [0.3, 0.4) is 0 Å². The number of carbonyl (C=O) groups excluding carboxylic acids is 2. The van der Waals surface area contributed by atoms with Gasteiger partial charge in [0.05, 0.1) is 22.8 Å². The Morgan fingerprint density at radius 1 is 1.22 bits per heavy atom. The van der Waals surface area contributed by atoms with E-state index >= 15 is 0 Å². The average Bonchev–Trinajstić information content (AvgIpc) is 3.10. The van der Waals surface area contributed by atoms with E-state index < -0.39 is 21.6 Å². The molecule has 2 aromatic rings. The Balaban J connectivity index is 1.67. The van der Waals surface area contributed by atoms with E-state index in [0.717, 1.165) is 35.7 Å². The van der Waals surface area contributed by atoms with Crippen molar-refractivity contribution in [2.75, 3.05) is 30.8 Å². The molecule has 0 radical (unpaired) electrons. The highest BCUT2D eigenvalue weighted by atomic mass is 32.2. The number of halogens is 1. The van der Waals surface area contributed by atoms with Crippen LogP contribution in [0.15, 0.2) is 29.2 Å². The summed E-state index contributed by atoms with van der Waals surface area (Å²) in [5.41, 5.74) is 1.34. The lowest BCUT2D eigenvalue weighted by Gasteiger charge is -2.25. The Bertz CT molecular complexity index is 1080. The minimum atomic E-state index is -3.61. The van der Waals surface area contributed by atoms with Gasteiger partial charge in [-0.3, -0.25) is 9.69 Å². The fourth-order valence-electron chi connectivity index (χ4n) is 3.61. The van der Waals surface area contributed by atoms with Crippen molar-refractivity contribution in [2.24, 2.45) is 0 Å². The van der Waals surface area contributed by atoms with Crippen molar-refractivity contribution in [3.8, 4) is 0 Å². The number of nitrogens with zero attached hydrogens (tertiary/aromatic N) is 1. The smallest absolute Gasteiger partial charge is 0.341 e. The van der Waals surface area contributed by atoms with Gasteiger partial charge < -0.3 is 10.1 Å². The number of carbonyl (C=O) groups is 2. The molecule has 32 heavy (non-hydrogen) atoms. The van der Waals surface area contributed by atoms with Crippen molar-refractivity contribution < 1.29 is 27.1 Å². The van der Waals surface area contributed by atoms with Gasteiger partial charge in [-0.15, -0.1) is 11.3 Å². The van der Waals surface area contributed by atoms with Crippen LogP contribution >= 0.6 is 11.3 Å². The Morgan fingerprint density at radius 3 is 2.59 bits per heavy atom. The minimum Gasteiger partial charge on any atom is -0.462 e. The summed E-state index contributed by atoms with van der Waals surface area (Å²) in [7, 11) is -3.61. The van der Waals surface area contributed by atoms with Crippen molar-refractivity contribution >= 4 is 38.1 Å². The second-order valence-electron chi connectivity index (χ2n) is 7.47. The largest absolute Gasteiger partial charge is 0.462 e. The first-order valence-electron chi connectivity index (χ1n) is 10.6. The molecule has 1 aliphatic rings. The number of likely N-dealkylation sites (N-methyl/N-ethyl adjacent to an activating group) is 1. The van der Waals surface area contributed by atoms with Gasteiger partial charge in [0.15, 0.2) is 9.84 Å². The van der Waals surface area contributed by atoms with Gasteiger partial charge in [0.1, 0.15) is 10.8 Å². The highest BCUT2D eigenvalue weighted by Crippen LogP contribution is 2.37. The van der Waals surface area contributed by atoms with E-state index in [9.17, 15) is 22.4 Å². The maximum atomic E-state index is 13.0. The molecule has 0 saturated carbocycles. The molecule has 1 aromatic carbocycles. The van der Waals surface area contributed by atoms with Gasteiger partial charge >= 0.3 is 5.97 Å². The average molecular weight is 483 g/mol. The Morgan fingerprint density at radius 2 is 1.94 bits per heavy atom. The number of amides is 1. The lowest BCUT2D eigenvalue weighted by molar-refractivity contribution is -0.116. The van der Waals surface area contributed by atoms with E-state index in [2.05, 4.69) is 17.1 Å². The molecule has 0 saturated heterocycles. The molecule has 0 spiro atoms. The molecule has 7 nitrogen and oxygen atoms in total. The van der Waals surface area contributed by atoms with E-state index in [1.807, 2.05) is 0 Å². The third-order valence-corrected chi connectivity index (χ3v) is 8.25. The molecule has 0 bridgehead atoms. The van der Waals surface area contributed by atoms with Gasteiger partial charge in [0.2, 0.25) is 5.91 Å². The number of thiophene rings is 1. The van der Waals surface area contributed by atoms with Crippen molar-refractivity contribution in [3.63, 3.8) is 0 Å². The van der Waals surface area contributed by atoms with Crippen LogP contribution in [0.25, 0.3) is 0 Å². The van der Waals surface area contributed by atoms with Gasteiger partial charge in [-0.05, 0) is 56.1 Å². The molecular weight excluding hydrogens is 455 g/mol. The van der Waals surface area contributed by atoms with Crippen LogP contribution in [-0.2, 0) is 32.3 Å². The fraction of sp³-hybridized carbons (Fsp3) is 0.455. The van der Waals surface area contributed by atoms with Crippen LogP contribution in [0.5, 0.6) is 0 Å². The van der Waals surface area contributed by atoms with Gasteiger partial charge in [-0.2, -0.15) is 0 Å². The number of sulfone groups is 1. The molecule has 0 atom stereocenters. The van der Waals surface area contributed by atoms with Crippen LogP contribution in [-0.4, -0.2) is 50.6 Å². The fourth-order valence-corrected chi connectivity index (χ4v) is 6.21. The van der Waals surface area contributed by atoms with Crippen molar-refractivity contribution in [3.05, 3.63) is 46.1 Å². The number of hydrogen-bond donors (Lipinski definition) is 1. The molecule has 3 rings (SSSR count). The van der Waals surface area contributed by atoms with Gasteiger partial charge in [-0.25, -0.2) is 17.6 Å². The number of fused-ring (bicyclic) bond motifs is 1. The normalized spacial score (nSPS) is 14.1. The molecule has 10 heteroatoms. The second-order valence-corrected chi connectivity index (χ2v) is 10.7. The van der Waals surface area contributed by atoms with Crippen LogP contribution < -0.4 is 5.32 Å². The first-order chi connectivity index (χ1) is 15.2. The molecule has 1 aromatic heterocycles. The summed E-state index contributed by atoms with van der Waals surface area (Å²) in [5.74, 6) is -1.57. The maximum absolute atomic E-state index is 13.0. The quantitative estimate of drug-likeness (QED) is 0.433. The van der Waals surface area contributed by atoms with E-state index in [4.69, 9.17) is 4.74 Å². The molecule has 174 valence electrons. The molecule has 1 amide bonds. The van der Waals surface area contributed by atoms with Crippen molar-refractivity contribution in [1.82, 2.24) is 4.90 Å². The lowest BCUT2D eigenvalue weighted by Crippen LogP contribution is -2.30. The van der Waals surface area contributed by atoms with Gasteiger partial charge in [0, 0.05) is 24.4 Å². The minimum absolute atomic E-state index is 0.0215. The monoisotopic (exact) mass is 482 g/mol. The summed E-state index contributed by atoms with van der Waals surface area (Å²) < 4.78 is 43.0. The summed E-state index contributed by atoms with van der Waals surface area (Å²) in [4.78, 5) is 28.4. The molecule has 0 unspecified atom stereocenters. The maximum Gasteiger partial charge on any atom is 0.341 e. The summed E-state index contributed by atoms with van der Waals surface area (Å²) >= 11 is 1.37. The van der Waals surface area contributed by atoms with Crippen LogP contribution in [0, 0.1) is 5.82 Å². The second kappa shape index (κ2) is 10.5. The zero-order valence-electron chi connectivity index (χ0n) is 18.1. The highest BCUT2D eigenvalue weighted by Gasteiger charge is 2.29.